The molecule has 2 atom stereocenters. The summed E-state index contributed by atoms with van der Waals surface area (Å²) in [4.78, 5) is 26.2. The molecule has 21 heavy (non-hydrogen) atoms. The summed E-state index contributed by atoms with van der Waals surface area (Å²) in [5, 5.41) is 2.94. The van der Waals surface area contributed by atoms with Gasteiger partial charge in [-0.2, -0.15) is 0 Å². The van der Waals surface area contributed by atoms with Crippen molar-refractivity contribution in [2.45, 2.75) is 44.2 Å². The first-order valence-corrected chi connectivity index (χ1v) is 8.00. The zero-order valence-electron chi connectivity index (χ0n) is 12.4. The van der Waals surface area contributed by atoms with Gasteiger partial charge in [0.1, 0.15) is 0 Å². The Labute approximate surface area is 125 Å². The molecule has 0 aromatic carbocycles. The zero-order valence-corrected chi connectivity index (χ0v) is 12.4. The largest absolute Gasteiger partial charge is 0.381 e. The van der Waals surface area contributed by atoms with E-state index in [1.165, 1.54) is 0 Å². The summed E-state index contributed by atoms with van der Waals surface area (Å²) in [5.41, 5.74) is 0. The van der Waals surface area contributed by atoms with Gasteiger partial charge in [-0.3, -0.25) is 9.59 Å². The second-order valence-electron chi connectivity index (χ2n) is 6.17. The monoisotopic (exact) mass is 296 g/mol. The molecule has 0 aromatic rings. The van der Waals surface area contributed by atoms with Gasteiger partial charge < -0.3 is 19.7 Å². The Morgan fingerprint density at radius 3 is 2.76 bits per heavy atom. The highest BCUT2D eigenvalue weighted by molar-refractivity contribution is 5.89. The molecule has 3 aliphatic heterocycles. The molecule has 3 aliphatic rings. The SMILES string of the molecule is O=C(NC[C@H]1CCCO1)[C@H]1CC(=O)N(C2CCOCC2)C1. The van der Waals surface area contributed by atoms with Gasteiger partial charge in [0.15, 0.2) is 0 Å². The molecule has 0 saturated carbocycles. The lowest BCUT2D eigenvalue weighted by molar-refractivity contribution is -0.131. The van der Waals surface area contributed by atoms with Crippen molar-refractivity contribution in [1.29, 1.82) is 0 Å². The average molecular weight is 296 g/mol. The maximum atomic E-state index is 12.2. The molecule has 3 saturated heterocycles. The van der Waals surface area contributed by atoms with Gasteiger partial charge in [-0.05, 0) is 25.7 Å². The molecule has 3 heterocycles. The normalized spacial score (nSPS) is 30.9. The summed E-state index contributed by atoms with van der Waals surface area (Å²) < 4.78 is 10.8. The third-order valence-corrected chi connectivity index (χ3v) is 4.69. The van der Waals surface area contributed by atoms with E-state index < -0.39 is 0 Å². The molecule has 0 aliphatic carbocycles. The van der Waals surface area contributed by atoms with E-state index in [-0.39, 0.29) is 29.9 Å². The van der Waals surface area contributed by atoms with Crippen LogP contribution in [0.5, 0.6) is 0 Å². The van der Waals surface area contributed by atoms with Gasteiger partial charge in [-0.15, -0.1) is 0 Å². The Hall–Kier alpha value is -1.14. The Morgan fingerprint density at radius 2 is 2.05 bits per heavy atom. The van der Waals surface area contributed by atoms with E-state index >= 15 is 0 Å². The van der Waals surface area contributed by atoms with Crippen LogP contribution in [-0.4, -0.2) is 61.8 Å². The van der Waals surface area contributed by atoms with Crippen molar-refractivity contribution in [2.75, 3.05) is 32.9 Å². The third kappa shape index (κ3) is 3.55. The quantitative estimate of drug-likeness (QED) is 0.811. The standard InChI is InChI=1S/C15H24N2O4/c18-14-8-11(10-17(14)12-3-6-20-7-4-12)15(19)16-9-13-2-1-5-21-13/h11-13H,1-10H2,(H,16,19)/t11-,13+/m0/s1. The van der Waals surface area contributed by atoms with E-state index in [0.29, 0.717) is 32.7 Å². The number of hydrogen-bond donors (Lipinski definition) is 1. The number of amides is 2. The number of ether oxygens (including phenoxy) is 2. The van der Waals surface area contributed by atoms with Crippen LogP contribution in [0.3, 0.4) is 0 Å². The Bertz CT molecular complexity index is 389. The smallest absolute Gasteiger partial charge is 0.225 e. The number of nitrogens with zero attached hydrogens (tertiary/aromatic N) is 1. The first-order chi connectivity index (χ1) is 10.2. The topological polar surface area (TPSA) is 67.9 Å². The fourth-order valence-electron chi connectivity index (χ4n) is 3.42. The molecule has 0 spiro atoms. The molecule has 6 nitrogen and oxygen atoms in total. The lowest BCUT2D eigenvalue weighted by Crippen LogP contribution is -2.42. The Morgan fingerprint density at radius 1 is 1.24 bits per heavy atom. The summed E-state index contributed by atoms with van der Waals surface area (Å²) in [6, 6.07) is 0.252. The van der Waals surface area contributed by atoms with E-state index in [2.05, 4.69) is 5.32 Å². The van der Waals surface area contributed by atoms with E-state index in [1.807, 2.05) is 4.90 Å². The van der Waals surface area contributed by atoms with Crippen LogP contribution in [0.25, 0.3) is 0 Å². The molecule has 2 amide bonds. The number of rotatable bonds is 4. The summed E-state index contributed by atoms with van der Waals surface area (Å²) in [6.07, 6.45) is 4.34. The minimum Gasteiger partial charge on any atom is -0.381 e. The van der Waals surface area contributed by atoms with E-state index in [0.717, 1.165) is 32.3 Å². The van der Waals surface area contributed by atoms with E-state index in [4.69, 9.17) is 9.47 Å². The van der Waals surface area contributed by atoms with Crippen LogP contribution in [0.1, 0.15) is 32.1 Å². The van der Waals surface area contributed by atoms with Gasteiger partial charge in [0.25, 0.3) is 0 Å². The highest BCUT2D eigenvalue weighted by Crippen LogP contribution is 2.25. The van der Waals surface area contributed by atoms with Crippen molar-refractivity contribution in [3.05, 3.63) is 0 Å². The molecule has 6 heteroatoms. The van der Waals surface area contributed by atoms with Crippen LogP contribution < -0.4 is 5.32 Å². The van der Waals surface area contributed by atoms with Crippen molar-refractivity contribution in [1.82, 2.24) is 10.2 Å². The third-order valence-electron chi connectivity index (χ3n) is 4.69. The van der Waals surface area contributed by atoms with Gasteiger partial charge in [0, 0.05) is 45.4 Å². The van der Waals surface area contributed by atoms with Crippen molar-refractivity contribution in [3.63, 3.8) is 0 Å². The molecule has 1 N–H and O–H groups in total. The molecule has 0 aromatic heterocycles. The maximum absolute atomic E-state index is 12.2. The summed E-state index contributed by atoms with van der Waals surface area (Å²) >= 11 is 0. The Balaban J connectivity index is 1.47. The summed E-state index contributed by atoms with van der Waals surface area (Å²) in [6.45, 7) is 3.34. The predicted molar refractivity (Wildman–Crippen MR) is 75.6 cm³/mol. The average Bonchev–Trinajstić information content (AvgIpc) is 3.15. The van der Waals surface area contributed by atoms with Crippen molar-refractivity contribution < 1.29 is 19.1 Å². The minimum absolute atomic E-state index is 0.00610. The van der Waals surface area contributed by atoms with Gasteiger partial charge in [-0.25, -0.2) is 0 Å². The molecule has 118 valence electrons. The number of nitrogens with one attached hydrogen (secondary N) is 1. The number of hydrogen-bond acceptors (Lipinski definition) is 4. The Kier molecular flexibility index (Phi) is 4.75. The van der Waals surface area contributed by atoms with Crippen LogP contribution in [0.2, 0.25) is 0 Å². The highest BCUT2D eigenvalue weighted by atomic mass is 16.5. The van der Waals surface area contributed by atoms with Gasteiger partial charge in [0.2, 0.25) is 11.8 Å². The zero-order chi connectivity index (χ0) is 14.7. The molecule has 0 bridgehead atoms. The van der Waals surface area contributed by atoms with Gasteiger partial charge >= 0.3 is 0 Å². The predicted octanol–water partition coefficient (Wildman–Crippen LogP) is 0.309. The second-order valence-corrected chi connectivity index (χ2v) is 6.17. The van der Waals surface area contributed by atoms with Crippen LogP contribution in [0, 0.1) is 5.92 Å². The molecule has 0 radical (unpaired) electrons. The van der Waals surface area contributed by atoms with Gasteiger partial charge in [0.05, 0.1) is 12.0 Å². The summed E-state index contributed by atoms with van der Waals surface area (Å²) in [7, 11) is 0. The fraction of sp³-hybridized carbons (Fsp3) is 0.867. The van der Waals surface area contributed by atoms with Crippen LogP contribution in [0.4, 0.5) is 0 Å². The molecule has 0 unspecified atom stereocenters. The van der Waals surface area contributed by atoms with Crippen molar-refractivity contribution in [3.8, 4) is 0 Å². The molecular formula is C15H24N2O4. The molecular weight excluding hydrogens is 272 g/mol. The lowest BCUT2D eigenvalue weighted by atomic mass is 10.1. The lowest BCUT2D eigenvalue weighted by Gasteiger charge is -2.31. The first kappa shape index (κ1) is 14.8. The second kappa shape index (κ2) is 6.75. The number of carbonyl (C=O) groups is 2. The molecule has 3 fully saturated rings. The minimum atomic E-state index is -0.207. The number of carbonyl (C=O) groups excluding carboxylic acids is 2. The van der Waals surface area contributed by atoms with Crippen LogP contribution >= 0.6 is 0 Å². The van der Waals surface area contributed by atoms with E-state index in [1.54, 1.807) is 0 Å². The van der Waals surface area contributed by atoms with Crippen molar-refractivity contribution >= 4 is 11.8 Å². The summed E-state index contributed by atoms with van der Waals surface area (Å²) in [5.74, 6) is -0.102. The highest BCUT2D eigenvalue weighted by Gasteiger charge is 2.38. The fourth-order valence-corrected chi connectivity index (χ4v) is 3.42. The first-order valence-electron chi connectivity index (χ1n) is 8.00. The maximum Gasteiger partial charge on any atom is 0.225 e. The van der Waals surface area contributed by atoms with Gasteiger partial charge in [-0.1, -0.05) is 0 Å². The van der Waals surface area contributed by atoms with Crippen LogP contribution in [0.15, 0.2) is 0 Å². The van der Waals surface area contributed by atoms with Crippen molar-refractivity contribution in [2.24, 2.45) is 5.92 Å². The van der Waals surface area contributed by atoms with Crippen LogP contribution in [-0.2, 0) is 19.1 Å². The number of likely N-dealkylation sites (tertiary alicyclic amines) is 1. The molecule has 3 rings (SSSR count). The van der Waals surface area contributed by atoms with E-state index in [9.17, 15) is 9.59 Å².